The highest BCUT2D eigenvalue weighted by molar-refractivity contribution is 9.10. The molecule has 0 aromatic carbocycles. The first-order chi connectivity index (χ1) is 7.66. The standard InChI is InChI=1S/C12H18BrNOS/c1-8(12-4-3-5-15-12)14-7-10-6-11(13)9(2)16-10/h6,8,12,14H,3-5,7H2,1-2H3. The van der Waals surface area contributed by atoms with Crippen molar-refractivity contribution in [3.05, 3.63) is 20.3 Å². The van der Waals surface area contributed by atoms with Crippen molar-refractivity contribution in [2.24, 2.45) is 0 Å². The van der Waals surface area contributed by atoms with Crippen molar-refractivity contribution < 1.29 is 4.74 Å². The second kappa shape index (κ2) is 5.63. The molecule has 0 bridgehead atoms. The highest BCUT2D eigenvalue weighted by Gasteiger charge is 2.21. The maximum Gasteiger partial charge on any atom is 0.0726 e. The Morgan fingerprint density at radius 2 is 2.50 bits per heavy atom. The van der Waals surface area contributed by atoms with Crippen molar-refractivity contribution in [1.29, 1.82) is 0 Å². The fourth-order valence-corrected chi connectivity index (χ4v) is 3.55. The van der Waals surface area contributed by atoms with Crippen LogP contribution in [0.15, 0.2) is 10.5 Å². The van der Waals surface area contributed by atoms with Crippen LogP contribution in [0.5, 0.6) is 0 Å². The average molecular weight is 304 g/mol. The summed E-state index contributed by atoms with van der Waals surface area (Å²) in [7, 11) is 0. The quantitative estimate of drug-likeness (QED) is 0.919. The average Bonchev–Trinajstić information content (AvgIpc) is 2.86. The van der Waals surface area contributed by atoms with Gasteiger partial charge in [0.2, 0.25) is 0 Å². The molecule has 1 N–H and O–H groups in total. The van der Waals surface area contributed by atoms with E-state index in [-0.39, 0.29) is 0 Å². The molecule has 4 heteroatoms. The molecule has 16 heavy (non-hydrogen) atoms. The van der Waals surface area contributed by atoms with E-state index in [4.69, 9.17) is 4.74 Å². The highest BCUT2D eigenvalue weighted by Crippen LogP contribution is 2.26. The third kappa shape index (κ3) is 3.06. The summed E-state index contributed by atoms with van der Waals surface area (Å²) < 4.78 is 6.89. The summed E-state index contributed by atoms with van der Waals surface area (Å²) in [6, 6.07) is 2.65. The molecule has 1 fully saturated rings. The summed E-state index contributed by atoms with van der Waals surface area (Å²) in [5.41, 5.74) is 0. The molecule has 2 heterocycles. The van der Waals surface area contributed by atoms with Gasteiger partial charge in [0, 0.05) is 33.4 Å². The Bertz CT molecular complexity index is 327. The first kappa shape index (κ1) is 12.6. The number of aryl methyl sites for hydroxylation is 1. The molecule has 1 aliphatic rings. The van der Waals surface area contributed by atoms with Crippen LogP contribution in [0.1, 0.15) is 29.5 Å². The van der Waals surface area contributed by atoms with E-state index >= 15 is 0 Å². The van der Waals surface area contributed by atoms with Gasteiger partial charge in [-0.25, -0.2) is 0 Å². The molecular formula is C12H18BrNOS. The van der Waals surface area contributed by atoms with Crippen molar-refractivity contribution in [3.63, 3.8) is 0 Å². The minimum Gasteiger partial charge on any atom is -0.377 e. The molecule has 0 spiro atoms. The van der Waals surface area contributed by atoms with E-state index in [0.29, 0.717) is 12.1 Å². The van der Waals surface area contributed by atoms with Crippen molar-refractivity contribution in [2.45, 2.75) is 45.4 Å². The molecule has 2 nitrogen and oxygen atoms in total. The second-order valence-corrected chi connectivity index (χ2v) is 6.53. The van der Waals surface area contributed by atoms with Gasteiger partial charge >= 0.3 is 0 Å². The zero-order valence-corrected chi connectivity index (χ0v) is 12.2. The van der Waals surface area contributed by atoms with Gasteiger partial charge in [-0.2, -0.15) is 0 Å². The van der Waals surface area contributed by atoms with Gasteiger partial charge in [0.15, 0.2) is 0 Å². The van der Waals surface area contributed by atoms with Crippen LogP contribution in [0.4, 0.5) is 0 Å². The predicted molar refractivity (Wildman–Crippen MR) is 72.0 cm³/mol. The van der Waals surface area contributed by atoms with Crippen molar-refractivity contribution in [2.75, 3.05) is 6.61 Å². The van der Waals surface area contributed by atoms with Gasteiger partial charge in [-0.05, 0) is 48.7 Å². The Morgan fingerprint density at radius 1 is 1.69 bits per heavy atom. The van der Waals surface area contributed by atoms with Gasteiger partial charge in [0.05, 0.1) is 6.10 Å². The van der Waals surface area contributed by atoms with E-state index in [2.05, 4.69) is 41.2 Å². The molecule has 0 saturated carbocycles. The maximum atomic E-state index is 5.66. The Balaban J connectivity index is 1.82. The highest BCUT2D eigenvalue weighted by atomic mass is 79.9. The molecule has 1 aromatic heterocycles. The van der Waals surface area contributed by atoms with Crippen LogP contribution in [0.25, 0.3) is 0 Å². The first-order valence-electron chi connectivity index (χ1n) is 5.76. The summed E-state index contributed by atoms with van der Waals surface area (Å²) in [4.78, 5) is 2.73. The van der Waals surface area contributed by atoms with E-state index < -0.39 is 0 Å². The van der Waals surface area contributed by atoms with Gasteiger partial charge in [-0.1, -0.05) is 0 Å². The number of halogens is 1. The maximum absolute atomic E-state index is 5.66. The first-order valence-corrected chi connectivity index (χ1v) is 7.37. The Labute approximate surface area is 110 Å². The van der Waals surface area contributed by atoms with Gasteiger partial charge in [-0.15, -0.1) is 11.3 Å². The Morgan fingerprint density at radius 3 is 3.06 bits per heavy atom. The van der Waals surface area contributed by atoms with Crippen molar-refractivity contribution in [3.8, 4) is 0 Å². The molecule has 1 aromatic rings. The monoisotopic (exact) mass is 303 g/mol. The summed E-state index contributed by atoms with van der Waals surface area (Å²) >= 11 is 5.40. The summed E-state index contributed by atoms with van der Waals surface area (Å²) in [6.07, 6.45) is 2.81. The van der Waals surface area contributed by atoms with E-state index in [9.17, 15) is 0 Å². The van der Waals surface area contributed by atoms with Crippen LogP contribution < -0.4 is 5.32 Å². The minimum atomic E-state index is 0.407. The fourth-order valence-electron chi connectivity index (χ4n) is 1.99. The van der Waals surface area contributed by atoms with Crippen LogP contribution in [-0.2, 0) is 11.3 Å². The molecule has 0 amide bonds. The second-order valence-electron chi connectivity index (χ2n) is 4.34. The van der Waals surface area contributed by atoms with Gasteiger partial charge < -0.3 is 10.1 Å². The lowest BCUT2D eigenvalue weighted by molar-refractivity contribution is 0.0833. The molecular weight excluding hydrogens is 286 g/mol. The molecule has 2 atom stereocenters. The largest absolute Gasteiger partial charge is 0.377 e. The van der Waals surface area contributed by atoms with Crippen LogP contribution in [-0.4, -0.2) is 18.8 Å². The number of ether oxygens (including phenoxy) is 1. The fraction of sp³-hybridized carbons (Fsp3) is 0.667. The van der Waals surface area contributed by atoms with Crippen LogP contribution in [0.2, 0.25) is 0 Å². The number of nitrogens with one attached hydrogen (secondary N) is 1. The van der Waals surface area contributed by atoms with E-state index in [1.807, 2.05) is 11.3 Å². The number of hydrogen-bond donors (Lipinski definition) is 1. The van der Waals surface area contributed by atoms with E-state index in [0.717, 1.165) is 13.2 Å². The molecule has 2 unspecified atom stereocenters. The molecule has 1 aliphatic heterocycles. The third-order valence-electron chi connectivity index (χ3n) is 3.03. The summed E-state index contributed by atoms with van der Waals surface area (Å²) in [5, 5.41) is 3.55. The molecule has 90 valence electrons. The zero-order valence-electron chi connectivity index (χ0n) is 9.75. The van der Waals surface area contributed by atoms with Crippen LogP contribution >= 0.6 is 27.3 Å². The topological polar surface area (TPSA) is 21.3 Å². The number of rotatable bonds is 4. The van der Waals surface area contributed by atoms with Crippen LogP contribution in [0.3, 0.4) is 0 Å². The lowest BCUT2D eigenvalue weighted by atomic mass is 10.1. The summed E-state index contributed by atoms with van der Waals surface area (Å²) in [6.45, 7) is 6.23. The van der Waals surface area contributed by atoms with Gasteiger partial charge in [-0.3, -0.25) is 0 Å². The smallest absolute Gasteiger partial charge is 0.0726 e. The normalized spacial score (nSPS) is 22.6. The predicted octanol–water partition coefficient (Wildman–Crippen LogP) is 3.48. The molecule has 2 rings (SSSR count). The Kier molecular flexibility index (Phi) is 4.41. The summed E-state index contributed by atoms with van der Waals surface area (Å²) in [5.74, 6) is 0. The molecule has 1 saturated heterocycles. The molecule has 0 aliphatic carbocycles. The van der Waals surface area contributed by atoms with E-state index in [1.165, 1.54) is 27.1 Å². The van der Waals surface area contributed by atoms with Crippen LogP contribution in [0, 0.1) is 6.92 Å². The van der Waals surface area contributed by atoms with Crippen molar-refractivity contribution >= 4 is 27.3 Å². The van der Waals surface area contributed by atoms with E-state index in [1.54, 1.807) is 0 Å². The molecule has 0 radical (unpaired) electrons. The Hall–Kier alpha value is 0.100. The zero-order chi connectivity index (χ0) is 11.5. The van der Waals surface area contributed by atoms with Gasteiger partial charge in [0.25, 0.3) is 0 Å². The number of hydrogen-bond acceptors (Lipinski definition) is 3. The number of thiophene rings is 1. The van der Waals surface area contributed by atoms with Gasteiger partial charge in [0.1, 0.15) is 0 Å². The lowest BCUT2D eigenvalue weighted by Crippen LogP contribution is -2.36. The lowest BCUT2D eigenvalue weighted by Gasteiger charge is -2.19. The minimum absolute atomic E-state index is 0.407. The SMILES string of the molecule is Cc1sc(CNC(C)C2CCCO2)cc1Br. The van der Waals surface area contributed by atoms with Crippen molar-refractivity contribution in [1.82, 2.24) is 5.32 Å². The third-order valence-corrected chi connectivity index (χ3v) is 5.17.